The maximum atomic E-state index is 6.32. The second-order valence-electron chi connectivity index (χ2n) is 11.1. The minimum Gasteiger partial charge on any atom is -0.475 e. The fourth-order valence-corrected chi connectivity index (χ4v) is 7.28. The molecule has 192 valence electrons. The van der Waals surface area contributed by atoms with E-state index in [4.69, 9.17) is 19.5 Å². The summed E-state index contributed by atoms with van der Waals surface area (Å²) in [4.78, 5) is 10.2. The first-order valence-corrected chi connectivity index (χ1v) is 14.1. The van der Waals surface area contributed by atoms with Crippen molar-refractivity contribution in [3.63, 3.8) is 0 Å². The van der Waals surface area contributed by atoms with Gasteiger partial charge < -0.3 is 9.47 Å². The van der Waals surface area contributed by atoms with E-state index in [9.17, 15) is 0 Å². The maximum absolute atomic E-state index is 6.32. The van der Waals surface area contributed by atoms with E-state index in [1.165, 1.54) is 33.4 Å². The number of rotatable bonds is 4. The number of fused-ring (bicyclic) bond motifs is 4. The molecule has 0 aromatic heterocycles. The van der Waals surface area contributed by atoms with Crippen LogP contribution in [-0.4, -0.2) is 25.0 Å². The van der Waals surface area contributed by atoms with E-state index in [0.29, 0.717) is 13.2 Å². The molecule has 0 saturated heterocycles. The van der Waals surface area contributed by atoms with Gasteiger partial charge in [-0.05, 0) is 71.2 Å². The standard InChI is InChI=1S/C35H30N2O2/c1-3-9-23(10-4-1)29-21-38-33(36-29)27-15-7-13-25-17-19-35(31(25)27)20-18-26-14-8-16-28(32(26)35)34-37-30(22-39-34)24-11-5-2-6-12-24/h1-16,29-30H,17-22H2. The van der Waals surface area contributed by atoms with Gasteiger partial charge in [0.1, 0.15) is 25.3 Å². The van der Waals surface area contributed by atoms with Crippen LogP contribution in [0.1, 0.15) is 69.4 Å². The lowest BCUT2D eigenvalue weighted by Crippen LogP contribution is -2.27. The summed E-state index contributed by atoms with van der Waals surface area (Å²) in [6, 6.07) is 34.4. The van der Waals surface area contributed by atoms with Gasteiger partial charge in [0.25, 0.3) is 0 Å². The molecule has 4 aromatic rings. The molecule has 4 heteroatoms. The second kappa shape index (κ2) is 8.94. The molecule has 2 unspecified atom stereocenters. The molecule has 4 nitrogen and oxygen atoms in total. The van der Waals surface area contributed by atoms with E-state index in [-0.39, 0.29) is 17.5 Å². The number of hydrogen-bond acceptors (Lipinski definition) is 4. The Hall–Kier alpha value is -4.18. The van der Waals surface area contributed by atoms with Crippen molar-refractivity contribution in [3.8, 4) is 0 Å². The molecule has 0 radical (unpaired) electrons. The fraction of sp³-hybridized carbons (Fsp3) is 0.257. The fourth-order valence-electron chi connectivity index (χ4n) is 7.28. The molecule has 0 saturated carbocycles. The van der Waals surface area contributed by atoms with E-state index in [2.05, 4.69) is 84.9 Å². The van der Waals surface area contributed by atoms with Gasteiger partial charge in [0.2, 0.25) is 11.8 Å². The van der Waals surface area contributed by atoms with Gasteiger partial charge in [0.15, 0.2) is 0 Å². The zero-order chi connectivity index (χ0) is 25.8. The molecule has 1 spiro atoms. The van der Waals surface area contributed by atoms with Crippen LogP contribution >= 0.6 is 0 Å². The van der Waals surface area contributed by atoms with Gasteiger partial charge in [-0.2, -0.15) is 0 Å². The molecule has 2 atom stereocenters. The minimum atomic E-state index is -0.0781. The summed E-state index contributed by atoms with van der Waals surface area (Å²) >= 11 is 0. The van der Waals surface area contributed by atoms with Crippen LogP contribution in [0, 0.1) is 0 Å². The molecule has 2 heterocycles. The Balaban J connectivity index is 1.23. The van der Waals surface area contributed by atoms with Crippen LogP contribution in [0.25, 0.3) is 0 Å². The molecule has 4 aliphatic rings. The Kier molecular flexibility index (Phi) is 5.22. The highest BCUT2D eigenvalue weighted by Gasteiger charge is 2.49. The molecular weight excluding hydrogens is 480 g/mol. The Morgan fingerprint density at radius 2 is 1.00 bits per heavy atom. The van der Waals surface area contributed by atoms with Crippen LogP contribution in [0.2, 0.25) is 0 Å². The third kappa shape index (κ3) is 3.58. The molecule has 0 N–H and O–H groups in total. The summed E-state index contributed by atoms with van der Waals surface area (Å²) in [6.45, 7) is 1.17. The normalized spacial score (nSPS) is 24.6. The van der Waals surface area contributed by atoms with Crippen molar-refractivity contribution >= 4 is 11.8 Å². The molecule has 39 heavy (non-hydrogen) atoms. The molecule has 4 aromatic carbocycles. The quantitative estimate of drug-likeness (QED) is 0.300. The van der Waals surface area contributed by atoms with Gasteiger partial charge in [-0.3, -0.25) is 0 Å². The van der Waals surface area contributed by atoms with Crippen molar-refractivity contribution in [2.45, 2.75) is 43.2 Å². The summed E-state index contributed by atoms with van der Waals surface area (Å²) in [5.74, 6) is 1.57. The van der Waals surface area contributed by atoms with Crippen LogP contribution < -0.4 is 0 Å². The summed E-state index contributed by atoms with van der Waals surface area (Å²) in [5.41, 5.74) is 10.3. The highest BCUT2D eigenvalue weighted by atomic mass is 16.5. The number of benzene rings is 4. The van der Waals surface area contributed by atoms with Crippen LogP contribution in [0.15, 0.2) is 107 Å². The van der Waals surface area contributed by atoms with Gasteiger partial charge in [0.05, 0.1) is 0 Å². The molecule has 0 amide bonds. The number of aryl methyl sites for hydroxylation is 2. The lowest BCUT2D eigenvalue weighted by atomic mass is 9.73. The molecule has 0 bridgehead atoms. The van der Waals surface area contributed by atoms with Gasteiger partial charge >= 0.3 is 0 Å². The van der Waals surface area contributed by atoms with Gasteiger partial charge in [-0.15, -0.1) is 0 Å². The number of nitrogens with zero attached hydrogens (tertiary/aromatic N) is 2. The van der Waals surface area contributed by atoms with E-state index in [0.717, 1.165) is 48.6 Å². The lowest BCUT2D eigenvalue weighted by Gasteiger charge is -2.30. The molecular formula is C35H30N2O2. The van der Waals surface area contributed by atoms with Crippen molar-refractivity contribution in [1.82, 2.24) is 0 Å². The number of ether oxygens (including phenoxy) is 2. The van der Waals surface area contributed by atoms with Crippen molar-refractivity contribution in [2.24, 2.45) is 9.98 Å². The summed E-state index contributed by atoms with van der Waals surface area (Å²) in [5, 5.41) is 0. The van der Waals surface area contributed by atoms with E-state index < -0.39 is 0 Å². The van der Waals surface area contributed by atoms with Crippen molar-refractivity contribution in [3.05, 3.63) is 142 Å². The smallest absolute Gasteiger partial charge is 0.217 e. The largest absolute Gasteiger partial charge is 0.475 e. The summed E-state index contributed by atoms with van der Waals surface area (Å²) in [6.07, 6.45) is 4.31. The van der Waals surface area contributed by atoms with Crippen molar-refractivity contribution in [1.29, 1.82) is 0 Å². The maximum Gasteiger partial charge on any atom is 0.217 e. The average molecular weight is 511 g/mol. The number of aliphatic imine (C=N–C) groups is 2. The summed E-state index contributed by atoms with van der Waals surface area (Å²) < 4.78 is 12.6. The Morgan fingerprint density at radius 1 is 0.538 bits per heavy atom. The average Bonchev–Trinajstić information content (AvgIpc) is 3.81. The van der Waals surface area contributed by atoms with Gasteiger partial charge in [-0.25, -0.2) is 9.98 Å². The first kappa shape index (κ1) is 22.8. The highest BCUT2D eigenvalue weighted by Crippen LogP contribution is 2.55. The number of hydrogen-bond donors (Lipinski definition) is 0. The second-order valence-corrected chi connectivity index (χ2v) is 11.1. The zero-order valence-electron chi connectivity index (χ0n) is 21.8. The SMILES string of the molecule is c1ccc(C2COC(c3cccc4c3C3(CC4)CCc4cccc(C5=NC(c6ccccc6)CO5)c43)=N2)cc1. The van der Waals surface area contributed by atoms with Crippen LogP contribution in [0.3, 0.4) is 0 Å². The Labute approximate surface area is 229 Å². The molecule has 0 fully saturated rings. The summed E-state index contributed by atoms with van der Waals surface area (Å²) in [7, 11) is 0. The van der Waals surface area contributed by atoms with Gasteiger partial charge in [0, 0.05) is 16.5 Å². The van der Waals surface area contributed by atoms with Crippen LogP contribution in [0.5, 0.6) is 0 Å². The Bertz CT molecular complexity index is 1500. The zero-order valence-corrected chi connectivity index (χ0v) is 21.8. The monoisotopic (exact) mass is 510 g/mol. The topological polar surface area (TPSA) is 43.2 Å². The molecule has 2 aliphatic carbocycles. The molecule has 8 rings (SSSR count). The van der Waals surface area contributed by atoms with Crippen LogP contribution in [-0.2, 0) is 27.7 Å². The van der Waals surface area contributed by atoms with Crippen LogP contribution in [0.4, 0.5) is 0 Å². The van der Waals surface area contributed by atoms with Crippen molar-refractivity contribution in [2.75, 3.05) is 13.2 Å². The van der Waals surface area contributed by atoms with E-state index >= 15 is 0 Å². The minimum absolute atomic E-state index is 0.0389. The lowest BCUT2D eigenvalue weighted by molar-refractivity contribution is 0.318. The first-order chi connectivity index (χ1) is 19.3. The van der Waals surface area contributed by atoms with Gasteiger partial charge in [-0.1, -0.05) is 84.9 Å². The third-order valence-electron chi connectivity index (χ3n) is 9.03. The van der Waals surface area contributed by atoms with Crippen molar-refractivity contribution < 1.29 is 9.47 Å². The molecule has 2 aliphatic heterocycles. The van der Waals surface area contributed by atoms with E-state index in [1.54, 1.807) is 0 Å². The van der Waals surface area contributed by atoms with E-state index in [1.807, 2.05) is 12.1 Å². The highest BCUT2D eigenvalue weighted by molar-refractivity contribution is 6.00. The first-order valence-electron chi connectivity index (χ1n) is 14.1. The Morgan fingerprint density at radius 3 is 1.46 bits per heavy atom. The third-order valence-corrected chi connectivity index (χ3v) is 9.03. The predicted molar refractivity (Wildman–Crippen MR) is 154 cm³/mol. The predicted octanol–water partition coefficient (Wildman–Crippen LogP) is 6.90.